The van der Waals surface area contributed by atoms with Gasteiger partial charge in [-0.3, -0.25) is 0 Å². The number of nitrogens with zero attached hydrogens (tertiary/aromatic N) is 2. The Hall–Kier alpha value is -1.13. The second-order valence-electron chi connectivity index (χ2n) is 2.78. The van der Waals surface area contributed by atoms with Crippen molar-refractivity contribution in [3.63, 3.8) is 0 Å². The van der Waals surface area contributed by atoms with Gasteiger partial charge in [0.1, 0.15) is 0 Å². The van der Waals surface area contributed by atoms with E-state index in [0.717, 1.165) is 5.56 Å². The topological polar surface area (TPSA) is 36.4 Å². The second-order valence-corrected chi connectivity index (χ2v) is 3.34. The molecule has 0 N–H and O–H groups in total. The Morgan fingerprint density at radius 2 is 1.80 bits per heavy atom. The molecule has 0 aliphatic rings. The Morgan fingerprint density at radius 3 is 2.13 bits per heavy atom. The van der Waals surface area contributed by atoms with E-state index in [0.29, 0.717) is 5.33 Å². The molecule has 0 unspecified atom stereocenters. The van der Waals surface area contributed by atoms with Gasteiger partial charge in [0.2, 0.25) is 0 Å². The van der Waals surface area contributed by atoms with Crippen LogP contribution in [-0.4, -0.2) is 16.7 Å². The summed E-state index contributed by atoms with van der Waals surface area (Å²) in [5, 5.41) is 0.560. The van der Waals surface area contributed by atoms with Gasteiger partial charge >= 0.3 is 11.9 Å². The predicted octanol–water partition coefficient (Wildman–Crippen LogP) is 3.16. The smallest absolute Gasteiger partial charge is 0.361 e. The molecule has 0 aromatic heterocycles. The Kier molecular flexibility index (Phi) is 3.66. The SMILES string of the molecule is [N-]=[N+]=C(c1ccc(CBr)cc1)C(F)(F)F. The Bertz CT molecular complexity index is 391. The molecule has 0 amide bonds. The number of hydrogen-bond acceptors (Lipinski definition) is 0. The lowest BCUT2D eigenvalue weighted by atomic mass is 10.1. The van der Waals surface area contributed by atoms with Gasteiger partial charge in [0, 0.05) is 5.33 Å². The summed E-state index contributed by atoms with van der Waals surface area (Å²) in [7, 11) is 0. The fraction of sp³-hybridized carbons (Fsp3) is 0.222. The standard InChI is InChI=1S/C9H6BrF3N2/c10-5-6-1-3-7(4-2-6)8(15-14)9(11,12)13/h1-4H,5H2. The van der Waals surface area contributed by atoms with Crippen LogP contribution in [0.2, 0.25) is 0 Å². The Labute approximate surface area is 92.5 Å². The molecular formula is C9H6BrF3N2. The molecule has 0 bridgehead atoms. The zero-order chi connectivity index (χ0) is 11.5. The van der Waals surface area contributed by atoms with Crippen LogP contribution in [0.5, 0.6) is 0 Å². The van der Waals surface area contributed by atoms with Gasteiger partial charge in [-0.15, -0.1) is 0 Å². The highest BCUT2D eigenvalue weighted by molar-refractivity contribution is 9.08. The average Bonchev–Trinajstić information content (AvgIpc) is 2.18. The zero-order valence-electron chi connectivity index (χ0n) is 7.42. The minimum atomic E-state index is -4.65. The van der Waals surface area contributed by atoms with Crippen molar-refractivity contribution < 1.29 is 18.0 Å². The average molecular weight is 279 g/mol. The molecule has 6 heteroatoms. The van der Waals surface area contributed by atoms with Gasteiger partial charge < -0.3 is 5.53 Å². The molecule has 0 saturated heterocycles. The normalized spacial score (nSPS) is 10.9. The van der Waals surface area contributed by atoms with Crippen molar-refractivity contribution in [2.45, 2.75) is 11.5 Å². The van der Waals surface area contributed by atoms with Crippen molar-refractivity contribution in [3.8, 4) is 0 Å². The van der Waals surface area contributed by atoms with Gasteiger partial charge in [0.05, 0.1) is 5.56 Å². The second kappa shape index (κ2) is 4.59. The molecule has 1 rings (SSSR count). The summed E-state index contributed by atoms with van der Waals surface area (Å²) in [5.41, 5.74) is 7.70. The van der Waals surface area contributed by atoms with Crippen molar-refractivity contribution in [2.24, 2.45) is 0 Å². The molecular weight excluding hydrogens is 273 g/mol. The molecule has 0 atom stereocenters. The molecule has 15 heavy (non-hydrogen) atoms. The van der Waals surface area contributed by atoms with Gasteiger partial charge in [-0.2, -0.15) is 18.0 Å². The zero-order valence-corrected chi connectivity index (χ0v) is 9.01. The Morgan fingerprint density at radius 1 is 1.27 bits per heavy atom. The van der Waals surface area contributed by atoms with Crippen LogP contribution in [0.25, 0.3) is 5.53 Å². The maximum Gasteiger partial charge on any atom is 0.495 e. The van der Waals surface area contributed by atoms with Crippen molar-refractivity contribution in [1.82, 2.24) is 0 Å². The van der Waals surface area contributed by atoms with E-state index >= 15 is 0 Å². The first kappa shape index (κ1) is 11.9. The van der Waals surface area contributed by atoms with Crippen LogP contribution in [0.15, 0.2) is 24.3 Å². The molecule has 2 nitrogen and oxygen atoms in total. The molecule has 0 aliphatic heterocycles. The van der Waals surface area contributed by atoms with Crippen molar-refractivity contribution in [3.05, 3.63) is 40.9 Å². The van der Waals surface area contributed by atoms with Crippen LogP contribution in [0.1, 0.15) is 11.1 Å². The first-order valence-corrected chi connectivity index (χ1v) is 5.05. The molecule has 1 aromatic carbocycles. The van der Waals surface area contributed by atoms with E-state index in [2.05, 4.69) is 20.7 Å². The summed E-state index contributed by atoms with van der Waals surface area (Å²) in [6, 6.07) is 5.58. The summed E-state index contributed by atoms with van der Waals surface area (Å²) < 4.78 is 36.9. The van der Waals surface area contributed by atoms with Crippen molar-refractivity contribution >= 4 is 21.6 Å². The van der Waals surface area contributed by atoms with E-state index in [1.54, 1.807) is 0 Å². The molecule has 0 fully saturated rings. The fourth-order valence-corrected chi connectivity index (χ4v) is 1.40. The third-order valence-electron chi connectivity index (χ3n) is 1.75. The molecule has 1 aromatic rings. The predicted molar refractivity (Wildman–Crippen MR) is 52.9 cm³/mol. The lowest BCUT2D eigenvalue weighted by Gasteiger charge is -2.01. The Balaban J connectivity index is 3.11. The largest absolute Gasteiger partial charge is 0.495 e. The number of alkyl halides is 4. The first-order chi connectivity index (χ1) is 6.99. The fourth-order valence-electron chi connectivity index (χ4n) is 1.03. The van der Waals surface area contributed by atoms with Crippen molar-refractivity contribution in [1.29, 1.82) is 0 Å². The van der Waals surface area contributed by atoms with E-state index in [-0.39, 0.29) is 5.56 Å². The molecule has 0 radical (unpaired) electrons. The number of hydrogen-bond donors (Lipinski definition) is 0. The number of rotatable bonds is 2. The van der Waals surface area contributed by atoms with Gasteiger partial charge in [0.15, 0.2) is 0 Å². The number of halogens is 4. The maximum atomic E-state index is 12.3. The minimum absolute atomic E-state index is 0.158. The summed E-state index contributed by atoms with van der Waals surface area (Å²) in [4.78, 5) is 2.26. The molecule has 0 heterocycles. The van der Waals surface area contributed by atoms with E-state index < -0.39 is 11.9 Å². The third-order valence-corrected chi connectivity index (χ3v) is 2.40. The molecule has 80 valence electrons. The van der Waals surface area contributed by atoms with Crippen LogP contribution in [0.3, 0.4) is 0 Å². The van der Waals surface area contributed by atoms with Gasteiger partial charge in [-0.1, -0.05) is 28.1 Å². The minimum Gasteiger partial charge on any atom is -0.361 e. The highest BCUT2D eigenvalue weighted by Crippen LogP contribution is 2.21. The van der Waals surface area contributed by atoms with E-state index in [4.69, 9.17) is 5.53 Å². The summed E-state index contributed by atoms with van der Waals surface area (Å²) >= 11 is 3.17. The van der Waals surface area contributed by atoms with Crippen LogP contribution >= 0.6 is 15.9 Å². The molecule has 0 saturated carbocycles. The van der Waals surface area contributed by atoms with Crippen molar-refractivity contribution in [2.75, 3.05) is 0 Å². The van der Waals surface area contributed by atoms with Gasteiger partial charge in [-0.05, 0) is 17.7 Å². The summed E-state index contributed by atoms with van der Waals surface area (Å²) in [6.07, 6.45) is -4.65. The highest BCUT2D eigenvalue weighted by atomic mass is 79.9. The van der Waals surface area contributed by atoms with Crippen LogP contribution in [0.4, 0.5) is 13.2 Å². The van der Waals surface area contributed by atoms with Crippen LogP contribution < -0.4 is 0 Å². The summed E-state index contributed by atoms with van der Waals surface area (Å²) in [5.74, 6) is 0. The molecule has 0 spiro atoms. The lowest BCUT2D eigenvalue weighted by molar-refractivity contribution is -0.111. The van der Waals surface area contributed by atoms with E-state index in [1.165, 1.54) is 24.3 Å². The van der Waals surface area contributed by atoms with E-state index in [9.17, 15) is 13.2 Å². The third kappa shape index (κ3) is 2.91. The first-order valence-electron chi connectivity index (χ1n) is 3.93. The lowest BCUT2D eigenvalue weighted by Crippen LogP contribution is -2.24. The van der Waals surface area contributed by atoms with E-state index in [1.807, 2.05) is 0 Å². The number of benzene rings is 1. The van der Waals surface area contributed by atoms with Gasteiger partial charge in [-0.25, -0.2) is 0 Å². The van der Waals surface area contributed by atoms with Crippen LogP contribution in [0, 0.1) is 0 Å². The molecule has 0 aliphatic carbocycles. The quantitative estimate of drug-likeness (QED) is 0.345. The van der Waals surface area contributed by atoms with Gasteiger partial charge in [0.25, 0.3) is 0 Å². The highest BCUT2D eigenvalue weighted by Gasteiger charge is 2.45. The summed E-state index contributed by atoms with van der Waals surface area (Å²) in [6.45, 7) is 0. The monoisotopic (exact) mass is 278 g/mol. The van der Waals surface area contributed by atoms with Crippen LogP contribution in [-0.2, 0) is 5.33 Å². The maximum absolute atomic E-state index is 12.3.